The molecular formula is C16H17NO4. The summed E-state index contributed by atoms with van der Waals surface area (Å²) in [5.74, 6) is -0.607. The number of hydrogen-bond donors (Lipinski definition) is 3. The van der Waals surface area contributed by atoms with Gasteiger partial charge in [0.05, 0.1) is 6.04 Å². The van der Waals surface area contributed by atoms with Crippen LogP contribution in [0, 0.1) is 0 Å². The van der Waals surface area contributed by atoms with Crippen LogP contribution >= 0.6 is 0 Å². The first-order chi connectivity index (χ1) is 9.90. The van der Waals surface area contributed by atoms with Crippen LogP contribution in [0.2, 0.25) is 0 Å². The molecule has 2 rings (SSSR count). The molecule has 21 heavy (non-hydrogen) atoms. The maximum absolute atomic E-state index is 12.4. The number of amides is 1. The highest BCUT2D eigenvalue weighted by Gasteiger charge is 2.21. The summed E-state index contributed by atoms with van der Waals surface area (Å²) in [5.41, 5.74) is 0.801. The topological polar surface area (TPSA) is 81.0 Å². The van der Waals surface area contributed by atoms with Crippen molar-refractivity contribution in [1.82, 2.24) is 4.90 Å². The number of phenolic OH excluding ortho intramolecular Hbond substituents is 3. The Balaban J connectivity index is 2.28. The molecule has 1 amide bonds. The third-order valence-corrected chi connectivity index (χ3v) is 3.44. The van der Waals surface area contributed by atoms with E-state index >= 15 is 0 Å². The van der Waals surface area contributed by atoms with Crippen molar-refractivity contribution in [3.8, 4) is 17.2 Å². The first kappa shape index (κ1) is 14.7. The van der Waals surface area contributed by atoms with Crippen molar-refractivity contribution >= 4 is 5.91 Å². The van der Waals surface area contributed by atoms with E-state index in [2.05, 4.69) is 0 Å². The predicted octanol–water partition coefficient (Wildman–Crippen LogP) is 2.64. The zero-order valence-electron chi connectivity index (χ0n) is 11.8. The minimum Gasteiger partial charge on any atom is -0.508 e. The second kappa shape index (κ2) is 5.75. The summed E-state index contributed by atoms with van der Waals surface area (Å²) in [6, 6.07) is 10.2. The third kappa shape index (κ3) is 3.08. The maximum atomic E-state index is 12.4. The van der Waals surface area contributed by atoms with E-state index < -0.39 is 0 Å². The smallest absolute Gasteiger partial charge is 0.254 e. The van der Waals surface area contributed by atoms with Gasteiger partial charge in [0.25, 0.3) is 5.91 Å². The highest BCUT2D eigenvalue weighted by atomic mass is 16.3. The normalized spacial score (nSPS) is 11.9. The van der Waals surface area contributed by atoms with E-state index in [-0.39, 0.29) is 34.8 Å². The summed E-state index contributed by atoms with van der Waals surface area (Å²) < 4.78 is 0. The first-order valence-corrected chi connectivity index (χ1v) is 6.48. The molecule has 2 aromatic rings. The minimum absolute atomic E-state index is 0.114. The predicted molar refractivity (Wildman–Crippen MR) is 78.4 cm³/mol. The standard InChI is InChI=1S/C16H17NO4/c1-10(14-5-3-4-6-15(14)20)17(2)16(21)11-7-12(18)9-13(19)8-11/h3-10,18-20H,1-2H3. The molecule has 5 nitrogen and oxygen atoms in total. The number of rotatable bonds is 3. The van der Waals surface area contributed by atoms with Crippen molar-refractivity contribution in [3.05, 3.63) is 53.6 Å². The number of nitrogens with zero attached hydrogens (tertiary/aromatic N) is 1. The van der Waals surface area contributed by atoms with Crippen LogP contribution in [-0.4, -0.2) is 33.2 Å². The van der Waals surface area contributed by atoms with Crippen molar-refractivity contribution in [2.45, 2.75) is 13.0 Å². The molecule has 0 aliphatic rings. The number of para-hydroxylation sites is 1. The fourth-order valence-electron chi connectivity index (χ4n) is 2.15. The number of hydrogen-bond acceptors (Lipinski definition) is 4. The van der Waals surface area contributed by atoms with Gasteiger partial charge in [0.2, 0.25) is 0 Å². The van der Waals surface area contributed by atoms with Crippen LogP contribution in [0.3, 0.4) is 0 Å². The summed E-state index contributed by atoms with van der Waals surface area (Å²) in [6.45, 7) is 1.79. The molecule has 0 spiro atoms. The number of carbonyl (C=O) groups is 1. The molecule has 0 aliphatic heterocycles. The lowest BCUT2D eigenvalue weighted by Crippen LogP contribution is -2.29. The molecule has 1 atom stereocenters. The number of carbonyl (C=O) groups excluding carboxylic acids is 1. The van der Waals surface area contributed by atoms with Crippen LogP contribution in [0.1, 0.15) is 28.9 Å². The van der Waals surface area contributed by atoms with Crippen LogP contribution in [0.4, 0.5) is 0 Å². The van der Waals surface area contributed by atoms with Crippen LogP contribution in [0.25, 0.3) is 0 Å². The number of benzene rings is 2. The van der Waals surface area contributed by atoms with Gasteiger partial charge in [0, 0.05) is 24.2 Å². The maximum Gasteiger partial charge on any atom is 0.254 e. The van der Waals surface area contributed by atoms with E-state index in [1.165, 1.54) is 17.0 Å². The van der Waals surface area contributed by atoms with Gasteiger partial charge in [-0.1, -0.05) is 18.2 Å². The van der Waals surface area contributed by atoms with Crippen molar-refractivity contribution in [2.24, 2.45) is 0 Å². The highest BCUT2D eigenvalue weighted by molar-refractivity contribution is 5.95. The highest BCUT2D eigenvalue weighted by Crippen LogP contribution is 2.29. The Morgan fingerprint density at radius 2 is 1.62 bits per heavy atom. The SMILES string of the molecule is CC(c1ccccc1O)N(C)C(=O)c1cc(O)cc(O)c1. The molecule has 2 aromatic carbocycles. The van der Waals surface area contributed by atoms with Crippen molar-refractivity contribution < 1.29 is 20.1 Å². The van der Waals surface area contributed by atoms with E-state index in [0.717, 1.165) is 6.07 Å². The van der Waals surface area contributed by atoms with E-state index in [4.69, 9.17) is 0 Å². The molecular weight excluding hydrogens is 270 g/mol. The molecule has 110 valence electrons. The molecule has 3 N–H and O–H groups in total. The van der Waals surface area contributed by atoms with Gasteiger partial charge >= 0.3 is 0 Å². The third-order valence-electron chi connectivity index (χ3n) is 3.44. The molecule has 0 bridgehead atoms. The Hall–Kier alpha value is -2.69. The Morgan fingerprint density at radius 3 is 2.19 bits per heavy atom. The zero-order chi connectivity index (χ0) is 15.6. The Kier molecular flexibility index (Phi) is 4.03. The van der Waals surface area contributed by atoms with Gasteiger partial charge < -0.3 is 20.2 Å². The average molecular weight is 287 g/mol. The van der Waals surface area contributed by atoms with Crippen molar-refractivity contribution in [1.29, 1.82) is 0 Å². The fourth-order valence-corrected chi connectivity index (χ4v) is 2.15. The van der Waals surface area contributed by atoms with Crippen molar-refractivity contribution in [2.75, 3.05) is 7.05 Å². The summed E-state index contributed by atoms with van der Waals surface area (Å²) in [4.78, 5) is 13.8. The van der Waals surface area contributed by atoms with Gasteiger partial charge in [-0.2, -0.15) is 0 Å². The fraction of sp³-hybridized carbons (Fsp3) is 0.188. The Labute approximate surface area is 122 Å². The van der Waals surface area contributed by atoms with E-state index in [0.29, 0.717) is 5.56 Å². The van der Waals surface area contributed by atoms with Gasteiger partial charge in [-0.05, 0) is 25.1 Å². The molecule has 0 radical (unpaired) electrons. The lowest BCUT2D eigenvalue weighted by Gasteiger charge is -2.26. The van der Waals surface area contributed by atoms with Crippen LogP contribution in [0.15, 0.2) is 42.5 Å². The Bertz CT molecular complexity index is 649. The lowest BCUT2D eigenvalue weighted by atomic mass is 10.0. The molecule has 0 heterocycles. The van der Waals surface area contributed by atoms with Crippen LogP contribution in [0.5, 0.6) is 17.2 Å². The van der Waals surface area contributed by atoms with E-state index in [1.54, 1.807) is 38.2 Å². The summed E-state index contributed by atoms with van der Waals surface area (Å²) in [6.07, 6.45) is 0. The van der Waals surface area contributed by atoms with E-state index in [1.807, 2.05) is 0 Å². The van der Waals surface area contributed by atoms with Crippen LogP contribution in [-0.2, 0) is 0 Å². The monoisotopic (exact) mass is 287 g/mol. The summed E-state index contributed by atoms with van der Waals surface area (Å²) >= 11 is 0. The number of aromatic hydroxyl groups is 3. The van der Waals surface area contributed by atoms with E-state index in [9.17, 15) is 20.1 Å². The van der Waals surface area contributed by atoms with Crippen LogP contribution < -0.4 is 0 Å². The second-order valence-corrected chi connectivity index (χ2v) is 4.89. The lowest BCUT2D eigenvalue weighted by molar-refractivity contribution is 0.0740. The van der Waals surface area contributed by atoms with Crippen molar-refractivity contribution in [3.63, 3.8) is 0 Å². The molecule has 1 unspecified atom stereocenters. The van der Waals surface area contributed by atoms with Gasteiger partial charge in [0.1, 0.15) is 17.2 Å². The largest absolute Gasteiger partial charge is 0.508 e. The molecule has 0 aliphatic carbocycles. The zero-order valence-corrected chi connectivity index (χ0v) is 11.8. The Morgan fingerprint density at radius 1 is 1.05 bits per heavy atom. The minimum atomic E-state index is -0.364. The molecule has 0 saturated carbocycles. The summed E-state index contributed by atoms with van der Waals surface area (Å²) in [7, 11) is 1.60. The molecule has 0 saturated heterocycles. The van der Waals surface area contributed by atoms with Gasteiger partial charge in [-0.25, -0.2) is 0 Å². The quantitative estimate of drug-likeness (QED) is 0.810. The molecule has 0 aromatic heterocycles. The number of phenols is 3. The summed E-state index contributed by atoms with van der Waals surface area (Å²) in [5, 5.41) is 28.8. The van der Waals surface area contributed by atoms with Gasteiger partial charge in [-0.3, -0.25) is 4.79 Å². The molecule has 0 fully saturated rings. The van der Waals surface area contributed by atoms with Gasteiger partial charge in [0.15, 0.2) is 0 Å². The average Bonchev–Trinajstić information content (AvgIpc) is 2.44. The molecule has 5 heteroatoms. The first-order valence-electron chi connectivity index (χ1n) is 6.48. The van der Waals surface area contributed by atoms with Gasteiger partial charge in [-0.15, -0.1) is 0 Å². The second-order valence-electron chi connectivity index (χ2n) is 4.89.